The van der Waals surface area contributed by atoms with Crippen LogP contribution in [0.1, 0.15) is 49.2 Å². The van der Waals surface area contributed by atoms with Gasteiger partial charge >= 0.3 is 5.97 Å². The minimum Gasteiger partial charge on any atom is -0.478 e. The third-order valence-electron chi connectivity index (χ3n) is 5.95. The Morgan fingerprint density at radius 3 is 2.56 bits per heavy atom. The molecule has 160 valence electrons. The fourth-order valence-electron chi connectivity index (χ4n) is 4.25. The largest absolute Gasteiger partial charge is 0.478 e. The molecule has 0 saturated carbocycles. The summed E-state index contributed by atoms with van der Waals surface area (Å²) in [6, 6.07) is 18.6. The highest BCUT2D eigenvalue weighted by molar-refractivity contribution is 7.21. The van der Waals surface area contributed by atoms with Crippen molar-refractivity contribution in [3.63, 3.8) is 0 Å². The monoisotopic (exact) mass is 443 g/mol. The van der Waals surface area contributed by atoms with Gasteiger partial charge in [0.25, 0.3) is 5.91 Å². The molecular weight excluding hydrogens is 422 g/mol. The van der Waals surface area contributed by atoms with Crippen LogP contribution in [-0.4, -0.2) is 22.0 Å². The van der Waals surface area contributed by atoms with E-state index in [1.165, 1.54) is 34.6 Å². The number of hydrogen-bond donors (Lipinski definition) is 3. The van der Waals surface area contributed by atoms with E-state index in [1.807, 2.05) is 6.07 Å². The number of carboxylic acids is 1. The molecular formula is C25H21N3O3S. The molecule has 4 N–H and O–H groups in total. The molecule has 1 aliphatic carbocycles. The van der Waals surface area contributed by atoms with Gasteiger partial charge in [0.2, 0.25) is 0 Å². The minimum atomic E-state index is -1.01. The highest BCUT2D eigenvalue weighted by Crippen LogP contribution is 2.38. The summed E-state index contributed by atoms with van der Waals surface area (Å²) in [5.41, 5.74) is 11.1. The van der Waals surface area contributed by atoms with Gasteiger partial charge in [-0.2, -0.15) is 0 Å². The zero-order chi connectivity index (χ0) is 22.2. The summed E-state index contributed by atoms with van der Waals surface area (Å²) in [6.07, 6.45) is 2.87. The summed E-state index contributed by atoms with van der Waals surface area (Å²) in [4.78, 5) is 29.9. The van der Waals surface area contributed by atoms with E-state index in [0.717, 1.165) is 35.2 Å². The summed E-state index contributed by atoms with van der Waals surface area (Å²) < 4.78 is 0. The first-order chi connectivity index (χ1) is 15.5. The first-order valence-electron chi connectivity index (χ1n) is 10.4. The smallest absolute Gasteiger partial charge is 0.335 e. The van der Waals surface area contributed by atoms with Gasteiger partial charge in [0.05, 0.1) is 11.3 Å². The number of aryl methyl sites for hydroxylation is 1. The van der Waals surface area contributed by atoms with Gasteiger partial charge in [0, 0.05) is 16.8 Å². The highest BCUT2D eigenvalue weighted by atomic mass is 32.1. The van der Waals surface area contributed by atoms with Gasteiger partial charge in [-0.3, -0.25) is 4.79 Å². The first kappa shape index (κ1) is 20.2. The molecule has 1 amide bonds. The molecule has 32 heavy (non-hydrogen) atoms. The van der Waals surface area contributed by atoms with Crippen molar-refractivity contribution in [1.82, 2.24) is 4.98 Å². The number of carbonyl (C=O) groups excluding carboxylic acids is 1. The number of pyridine rings is 1. The lowest BCUT2D eigenvalue weighted by molar-refractivity contribution is 0.0696. The van der Waals surface area contributed by atoms with E-state index in [4.69, 9.17) is 15.8 Å². The zero-order valence-electron chi connectivity index (χ0n) is 17.2. The molecule has 1 unspecified atom stereocenters. The summed E-state index contributed by atoms with van der Waals surface area (Å²) in [5.74, 6) is -0.880. The van der Waals surface area contributed by atoms with Crippen LogP contribution in [0.2, 0.25) is 0 Å². The van der Waals surface area contributed by atoms with Crippen LogP contribution < -0.4 is 11.1 Å². The fraction of sp³-hybridized carbons (Fsp3) is 0.160. The normalized spacial score (nSPS) is 15.3. The van der Waals surface area contributed by atoms with Gasteiger partial charge in [0.1, 0.15) is 9.71 Å². The van der Waals surface area contributed by atoms with Crippen molar-refractivity contribution in [1.29, 1.82) is 0 Å². The minimum absolute atomic E-state index is 0.160. The van der Waals surface area contributed by atoms with Crippen LogP contribution in [0.5, 0.6) is 0 Å². The molecule has 7 heteroatoms. The van der Waals surface area contributed by atoms with Gasteiger partial charge in [-0.1, -0.05) is 30.3 Å². The second-order valence-corrected chi connectivity index (χ2v) is 8.98. The van der Waals surface area contributed by atoms with E-state index in [0.29, 0.717) is 22.2 Å². The van der Waals surface area contributed by atoms with Crippen LogP contribution >= 0.6 is 11.3 Å². The predicted molar refractivity (Wildman–Crippen MR) is 127 cm³/mol. The highest BCUT2D eigenvalue weighted by Gasteiger charge is 2.24. The van der Waals surface area contributed by atoms with Crippen molar-refractivity contribution in [2.24, 2.45) is 0 Å². The molecule has 0 spiro atoms. The SMILES string of the molecule is Nc1c(C(=O)Nc2ccc(C(=O)O)cc2)sc2nc3c(cc12)CC(c1ccccc1)CC3. The van der Waals surface area contributed by atoms with Crippen LogP contribution in [0, 0.1) is 0 Å². The van der Waals surface area contributed by atoms with E-state index < -0.39 is 5.97 Å². The lowest BCUT2D eigenvalue weighted by Gasteiger charge is -2.24. The van der Waals surface area contributed by atoms with Crippen LogP contribution in [0.4, 0.5) is 11.4 Å². The number of nitrogens with two attached hydrogens (primary N) is 1. The average Bonchev–Trinajstić information content (AvgIpc) is 3.13. The molecule has 0 saturated heterocycles. The first-order valence-corrected chi connectivity index (χ1v) is 11.2. The maximum atomic E-state index is 12.9. The number of nitrogens with zero attached hydrogens (tertiary/aromatic N) is 1. The number of carbonyl (C=O) groups is 2. The topological polar surface area (TPSA) is 105 Å². The quantitative estimate of drug-likeness (QED) is 0.407. The van der Waals surface area contributed by atoms with Gasteiger partial charge in [0.15, 0.2) is 0 Å². The predicted octanol–water partition coefficient (Wildman–Crippen LogP) is 5.10. The molecule has 5 rings (SSSR count). The van der Waals surface area contributed by atoms with E-state index in [9.17, 15) is 9.59 Å². The number of nitrogen functional groups attached to an aromatic ring is 1. The number of amides is 1. The Kier molecular flexibility index (Phi) is 5.11. The number of aromatic carboxylic acids is 1. The fourth-order valence-corrected chi connectivity index (χ4v) is 5.24. The molecule has 1 atom stereocenters. The van der Waals surface area contributed by atoms with Crippen molar-refractivity contribution in [3.05, 3.63) is 87.9 Å². The number of benzene rings is 2. The lowest BCUT2D eigenvalue weighted by atomic mass is 9.82. The number of carboxylic acid groups (broad SMARTS) is 1. The molecule has 2 aromatic carbocycles. The molecule has 2 aromatic heterocycles. The second-order valence-electron chi connectivity index (χ2n) is 7.98. The molecule has 2 heterocycles. The van der Waals surface area contributed by atoms with E-state index in [1.54, 1.807) is 12.1 Å². The Balaban J connectivity index is 1.41. The third kappa shape index (κ3) is 3.71. The van der Waals surface area contributed by atoms with Crippen molar-refractivity contribution >= 4 is 44.8 Å². The molecule has 0 bridgehead atoms. The number of aromatic nitrogens is 1. The number of anilines is 2. The molecule has 4 aromatic rings. The third-order valence-corrected chi connectivity index (χ3v) is 7.07. The molecule has 6 nitrogen and oxygen atoms in total. The van der Waals surface area contributed by atoms with E-state index in [-0.39, 0.29) is 11.5 Å². The Labute approximate surface area is 188 Å². The Morgan fingerprint density at radius 1 is 1.09 bits per heavy atom. The standard InChI is InChI=1S/C25H21N3O3S/c26-21-19-13-17-12-16(14-4-2-1-3-5-14)8-11-20(17)28-24(19)32-22(21)23(29)27-18-9-6-15(7-10-18)25(30)31/h1-7,9-10,13,16H,8,11-12,26H2,(H,27,29)(H,30,31). The molecule has 0 radical (unpaired) electrons. The Hall–Kier alpha value is -3.71. The van der Waals surface area contributed by atoms with Crippen LogP contribution in [0.25, 0.3) is 10.2 Å². The summed E-state index contributed by atoms with van der Waals surface area (Å²) in [7, 11) is 0. The second kappa shape index (κ2) is 8.09. The van der Waals surface area contributed by atoms with E-state index >= 15 is 0 Å². The Morgan fingerprint density at radius 2 is 1.84 bits per heavy atom. The summed E-state index contributed by atoms with van der Waals surface area (Å²) in [5, 5.41) is 12.6. The van der Waals surface area contributed by atoms with Gasteiger partial charge in [-0.15, -0.1) is 11.3 Å². The maximum absolute atomic E-state index is 12.9. The number of hydrogen-bond acceptors (Lipinski definition) is 5. The summed E-state index contributed by atoms with van der Waals surface area (Å²) in [6.45, 7) is 0. The van der Waals surface area contributed by atoms with Crippen molar-refractivity contribution in [3.8, 4) is 0 Å². The summed E-state index contributed by atoms with van der Waals surface area (Å²) >= 11 is 1.29. The van der Waals surface area contributed by atoms with Crippen molar-refractivity contribution < 1.29 is 14.7 Å². The van der Waals surface area contributed by atoms with Crippen molar-refractivity contribution in [2.45, 2.75) is 25.2 Å². The number of nitrogens with one attached hydrogen (secondary N) is 1. The molecule has 0 aliphatic heterocycles. The van der Waals surface area contributed by atoms with E-state index in [2.05, 4.69) is 35.6 Å². The lowest BCUT2D eigenvalue weighted by Crippen LogP contribution is -2.14. The number of thiophene rings is 1. The van der Waals surface area contributed by atoms with Crippen LogP contribution in [-0.2, 0) is 12.8 Å². The molecule has 1 aliphatic rings. The average molecular weight is 444 g/mol. The number of fused-ring (bicyclic) bond motifs is 2. The van der Waals surface area contributed by atoms with Gasteiger partial charge < -0.3 is 16.2 Å². The maximum Gasteiger partial charge on any atom is 0.335 e. The van der Waals surface area contributed by atoms with Crippen LogP contribution in [0.15, 0.2) is 60.7 Å². The van der Waals surface area contributed by atoms with Gasteiger partial charge in [-0.25, -0.2) is 9.78 Å². The van der Waals surface area contributed by atoms with Crippen molar-refractivity contribution in [2.75, 3.05) is 11.1 Å². The van der Waals surface area contributed by atoms with Gasteiger partial charge in [-0.05, 0) is 66.6 Å². The number of rotatable bonds is 4. The Bertz CT molecular complexity index is 1330. The zero-order valence-corrected chi connectivity index (χ0v) is 18.0. The van der Waals surface area contributed by atoms with Crippen LogP contribution in [0.3, 0.4) is 0 Å². The molecule has 0 fully saturated rings.